The molecule has 1 saturated heterocycles. The highest BCUT2D eigenvalue weighted by molar-refractivity contribution is 6.12. The van der Waals surface area contributed by atoms with E-state index in [4.69, 9.17) is 0 Å². The molecule has 2 N–H and O–H groups in total. The van der Waals surface area contributed by atoms with Gasteiger partial charge in [-0.15, -0.1) is 0 Å². The van der Waals surface area contributed by atoms with E-state index >= 15 is 0 Å². The lowest BCUT2D eigenvalue weighted by Gasteiger charge is -2.13. The van der Waals surface area contributed by atoms with Gasteiger partial charge in [0.2, 0.25) is 5.91 Å². The number of hydrogen-bond acceptors (Lipinski definition) is 5. The third kappa shape index (κ3) is 3.65. The van der Waals surface area contributed by atoms with Crippen LogP contribution in [0.4, 0.5) is 10.5 Å². The molecule has 1 aliphatic rings. The van der Waals surface area contributed by atoms with Crippen molar-refractivity contribution >= 4 is 23.5 Å². The standard InChI is InChI=1S/C16H18N6O3/c1-10-18-11(2)22(20-10)8-7-17-15(24)12-3-5-13(6-4-12)21-9-14(23)19-16(21)25/h3-6H,7-9H2,1-2H3,(H,17,24)(H,19,23,25). The number of benzene rings is 1. The van der Waals surface area contributed by atoms with E-state index in [1.807, 2.05) is 13.8 Å². The summed E-state index contributed by atoms with van der Waals surface area (Å²) in [4.78, 5) is 40.5. The normalized spacial score (nSPS) is 13.9. The number of amides is 4. The van der Waals surface area contributed by atoms with Gasteiger partial charge < -0.3 is 5.32 Å². The molecule has 1 fully saturated rings. The third-order valence-electron chi connectivity index (χ3n) is 3.81. The third-order valence-corrected chi connectivity index (χ3v) is 3.81. The Morgan fingerprint density at radius 2 is 1.96 bits per heavy atom. The quantitative estimate of drug-likeness (QED) is 0.764. The molecule has 0 spiro atoms. The molecule has 9 heteroatoms. The maximum Gasteiger partial charge on any atom is 0.329 e. The van der Waals surface area contributed by atoms with Crippen LogP contribution < -0.4 is 15.5 Å². The molecule has 3 rings (SSSR count). The summed E-state index contributed by atoms with van der Waals surface area (Å²) in [5.74, 6) is 0.937. The first-order valence-corrected chi connectivity index (χ1v) is 7.81. The first-order valence-electron chi connectivity index (χ1n) is 7.81. The maximum absolute atomic E-state index is 12.2. The first-order chi connectivity index (χ1) is 11.9. The zero-order valence-electron chi connectivity index (χ0n) is 13.9. The van der Waals surface area contributed by atoms with Gasteiger partial charge in [-0.05, 0) is 38.1 Å². The van der Waals surface area contributed by atoms with Gasteiger partial charge in [-0.3, -0.25) is 19.8 Å². The van der Waals surface area contributed by atoms with Crippen molar-refractivity contribution in [2.24, 2.45) is 0 Å². The van der Waals surface area contributed by atoms with Gasteiger partial charge in [0.15, 0.2) is 0 Å². The van der Waals surface area contributed by atoms with Crippen LogP contribution in [0.5, 0.6) is 0 Å². The Hall–Kier alpha value is -3.23. The minimum atomic E-state index is -0.458. The number of anilines is 1. The summed E-state index contributed by atoms with van der Waals surface area (Å²) in [6, 6.07) is 6.05. The van der Waals surface area contributed by atoms with Gasteiger partial charge in [-0.25, -0.2) is 14.5 Å². The van der Waals surface area contributed by atoms with E-state index < -0.39 is 6.03 Å². The fourth-order valence-corrected chi connectivity index (χ4v) is 2.59. The van der Waals surface area contributed by atoms with Gasteiger partial charge in [0.25, 0.3) is 5.91 Å². The predicted octanol–water partition coefficient (Wildman–Crippen LogP) is 0.381. The molecule has 0 aliphatic carbocycles. The van der Waals surface area contributed by atoms with E-state index in [2.05, 4.69) is 20.7 Å². The predicted molar refractivity (Wildman–Crippen MR) is 89.2 cm³/mol. The Morgan fingerprint density at radius 1 is 1.24 bits per heavy atom. The van der Waals surface area contributed by atoms with Crippen LogP contribution in [0.25, 0.3) is 0 Å². The Balaban J connectivity index is 1.56. The topological polar surface area (TPSA) is 109 Å². The fraction of sp³-hybridized carbons (Fsp3) is 0.312. The highest BCUT2D eigenvalue weighted by Crippen LogP contribution is 2.17. The lowest BCUT2D eigenvalue weighted by Crippen LogP contribution is -2.29. The number of carbonyl (C=O) groups is 3. The van der Waals surface area contributed by atoms with Crippen LogP contribution in [-0.4, -0.2) is 45.7 Å². The molecular formula is C16H18N6O3. The van der Waals surface area contributed by atoms with Gasteiger partial charge in [0, 0.05) is 17.8 Å². The molecule has 1 aromatic carbocycles. The van der Waals surface area contributed by atoms with Crippen LogP contribution in [0.3, 0.4) is 0 Å². The molecule has 1 aliphatic heterocycles. The highest BCUT2D eigenvalue weighted by atomic mass is 16.2. The zero-order valence-corrected chi connectivity index (χ0v) is 13.9. The molecule has 0 saturated carbocycles. The van der Waals surface area contributed by atoms with Crippen molar-refractivity contribution in [3.8, 4) is 0 Å². The van der Waals surface area contributed by atoms with E-state index in [1.165, 1.54) is 4.90 Å². The Kier molecular flexibility index (Phi) is 4.46. The number of urea groups is 1. The molecule has 130 valence electrons. The fourth-order valence-electron chi connectivity index (χ4n) is 2.59. The van der Waals surface area contributed by atoms with Gasteiger partial charge in [0.05, 0.1) is 6.54 Å². The van der Waals surface area contributed by atoms with Gasteiger partial charge >= 0.3 is 6.03 Å². The van der Waals surface area contributed by atoms with Crippen LogP contribution in [0, 0.1) is 13.8 Å². The number of hydrogen-bond donors (Lipinski definition) is 2. The second-order valence-electron chi connectivity index (χ2n) is 5.67. The summed E-state index contributed by atoms with van der Waals surface area (Å²) in [6.07, 6.45) is 0. The van der Waals surface area contributed by atoms with E-state index in [9.17, 15) is 14.4 Å². The molecule has 9 nitrogen and oxygen atoms in total. The van der Waals surface area contributed by atoms with E-state index in [0.717, 1.165) is 5.82 Å². The van der Waals surface area contributed by atoms with Crippen LogP contribution in [-0.2, 0) is 11.3 Å². The first kappa shape index (κ1) is 16.6. The molecule has 0 radical (unpaired) electrons. The lowest BCUT2D eigenvalue weighted by molar-refractivity contribution is -0.117. The smallest absolute Gasteiger partial charge is 0.329 e. The Bertz CT molecular complexity index is 827. The molecule has 2 heterocycles. The summed E-state index contributed by atoms with van der Waals surface area (Å²) in [6.45, 7) is 4.62. The minimum absolute atomic E-state index is 0.0128. The van der Waals surface area contributed by atoms with Crippen molar-refractivity contribution in [3.05, 3.63) is 41.5 Å². The number of nitrogens with one attached hydrogen (secondary N) is 2. The second-order valence-corrected chi connectivity index (χ2v) is 5.67. The molecule has 0 atom stereocenters. The molecular weight excluding hydrogens is 324 g/mol. The summed E-state index contributed by atoms with van der Waals surface area (Å²) >= 11 is 0. The number of rotatable bonds is 5. The lowest BCUT2D eigenvalue weighted by atomic mass is 10.2. The molecule has 4 amide bonds. The number of nitrogens with zero attached hydrogens (tertiary/aromatic N) is 4. The molecule has 0 unspecified atom stereocenters. The minimum Gasteiger partial charge on any atom is -0.350 e. The summed E-state index contributed by atoms with van der Waals surface area (Å²) in [5.41, 5.74) is 1.04. The van der Waals surface area contributed by atoms with Gasteiger partial charge in [-0.2, -0.15) is 5.10 Å². The van der Waals surface area contributed by atoms with Gasteiger partial charge in [0.1, 0.15) is 18.2 Å². The summed E-state index contributed by atoms with van der Waals surface area (Å²) < 4.78 is 1.74. The number of aryl methyl sites for hydroxylation is 2. The van der Waals surface area contributed by atoms with Crippen LogP contribution in [0.2, 0.25) is 0 Å². The van der Waals surface area contributed by atoms with Crippen molar-refractivity contribution in [1.29, 1.82) is 0 Å². The molecule has 0 bridgehead atoms. The Morgan fingerprint density at radius 3 is 2.52 bits per heavy atom. The number of carbonyl (C=O) groups excluding carboxylic acids is 3. The number of imide groups is 1. The second kappa shape index (κ2) is 6.71. The van der Waals surface area contributed by atoms with Crippen LogP contribution in [0.1, 0.15) is 22.0 Å². The van der Waals surface area contributed by atoms with Crippen LogP contribution >= 0.6 is 0 Å². The van der Waals surface area contributed by atoms with E-state index in [0.29, 0.717) is 30.2 Å². The SMILES string of the molecule is Cc1nc(C)n(CCNC(=O)c2ccc(N3CC(=O)NC3=O)cc2)n1. The van der Waals surface area contributed by atoms with Crippen molar-refractivity contribution in [2.45, 2.75) is 20.4 Å². The average molecular weight is 342 g/mol. The summed E-state index contributed by atoms with van der Waals surface area (Å²) in [5, 5.41) is 9.25. The monoisotopic (exact) mass is 342 g/mol. The van der Waals surface area contributed by atoms with Crippen molar-refractivity contribution in [2.75, 3.05) is 18.0 Å². The van der Waals surface area contributed by atoms with E-state index in [1.54, 1.807) is 28.9 Å². The zero-order chi connectivity index (χ0) is 18.0. The summed E-state index contributed by atoms with van der Waals surface area (Å²) in [7, 11) is 0. The molecule has 2 aromatic rings. The largest absolute Gasteiger partial charge is 0.350 e. The van der Waals surface area contributed by atoms with Gasteiger partial charge in [-0.1, -0.05) is 0 Å². The van der Waals surface area contributed by atoms with Crippen molar-refractivity contribution in [3.63, 3.8) is 0 Å². The van der Waals surface area contributed by atoms with Crippen molar-refractivity contribution < 1.29 is 14.4 Å². The van der Waals surface area contributed by atoms with Crippen LogP contribution in [0.15, 0.2) is 24.3 Å². The Labute approximate surface area is 144 Å². The average Bonchev–Trinajstić information content (AvgIpc) is 3.08. The molecule has 25 heavy (non-hydrogen) atoms. The van der Waals surface area contributed by atoms with Crippen molar-refractivity contribution in [1.82, 2.24) is 25.4 Å². The maximum atomic E-state index is 12.2. The highest BCUT2D eigenvalue weighted by Gasteiger charge is 2.27. The molecule has 1 aromatic heterocycles. The number of aromatic nitrogens is 3. The van der Waals surface area contributed by atoms with E-state index in [-0.39, 0.29) is 18.4 Å².